The van der Waals surface area contributed by atoms with Gasteiger partial charge in [0.1, 0.15) is 0 Å². The Bertz CT molecular complexity index is 743. The third kappa shape index (κ3) is 2.28. The van der Waals surface area contributed by atoms with E-state index in [-0.39, 0.29) is 25.9 Å². The van der Waals surface area contributed by atoms with Crippen molar-refractivity contribution >= 4 is 11.6 Å². The fraction of sp³-hybridized carbons (Fsp3) is 0.188. The van der Waals surface area contributed by atoms with Crippen molar-refractivity contribution in [3.05, 3.63) is 42.0 Å². The van der Waals surface area contributed by atoms with E-state index < -0.39 is 0 Å². The third-order valence-corrected chi connectivity index (χ3v) is 3.49. The largest absolute Gasteiger partial charge is 0.454 e. The van der Waals surface area contributed by atoms with Gasteiger partial charge in [0.05, 0.1) is 6.42 Å². The van der Waals surface area contributed by atoms with Crippen molar-refractivity contribution in [1.82, 2.24) is 0 Å². The van der Waals surface area contributed by atoms with Crippen LogP contribution in [0.4, 0.5) is 5.69 Å². The highest BCUT2D eigenvalue weighted by molar-refractivity contribution is 5.93. The van der Waals surface area contributed by atoms with E-state index in [1.807, 2.05) is 18.2 Å². The van der Waals surface area contributed by atoms with Gasteiger partial charge in [-0.15, -0.1) is 0 Å². The van der Waals surface area contributed by atoms with E-state index in [1.54, 1.807) is 18.2 Å². The summed E-state index contributed by atoms with van der Waals surface area (Å²) >= 11 is 0. The zero-order valence-corrected chi connectivity index (χ0v) is 11.6. The molecular formula is C16H13NO5. The lowest BCUT2D eigenvalue weighted by Crippen LogP contribution is -2.14. The van der Waals surface area contributed by atoms with E-state index in [4.69, 9.17) is 18.9 Å². The van der Waals surface area contributed by atoms with Crippen LogP contribution in [0.2, 0.25) is 0 Å². The van der Waals surface area contributed by atoms with Gasteiger partial charge in [0.15, 0.2) is 23.0 Å². The first-order valence-electron chi connectivity index (χ1n) is 6.86. The molecule has 2 aromatic rings. The second-order valence-electron chi connectivity index (χ2n) is 4.94. The number of amides is 1. The highest BCUT2D eigenvalue weighted by Gasteiger charge is 2.19. The molecule has 0 unspecified atom stereocenters. The highest BCUT2D eigenvalue weighted by Crippen LogP contribution is 2.36. The van der Waals surface area contributed by atoms with Crippen LogP contribution in [0.1, 0.15) is 5.56 Å². The molecule has 4 rings (SSSR count). The standard InChI is InChI=1S/C16H13NO5/c18-15(6-10-2-1-3-13-16(10)22-9-20-13)17-11-4-5-12-14(7-11)21-8-19-12/h1-5,7H,6,8-9H2,(H,17,18). The summed E-state index contributed by atoms with van der Waals surface area (Å²) in [6.07, 6.45) is 0.209. The predicted molar refractivity (Wildman–Crippen MR) is 77.5 cm³/mol. The monoisotopic (exact) mass is 299 g/mol. The lowest BCUT2D eigenvalue weighted by Gasteiger charge is -2.08. The van der Waals surface area contributed by atoms with Crippen LogP contribution in [0, 0.1) is 0 Å². The molecule has 0 saturated heterocycles. The smallest absolute Gasteiger partial charge is 0.231 e. The number of rotatable bonds is 3. The quantitative estimate of drug-likeness (QED) is 0.942. The summed E-state index contributed by atoms with van der Waals surface area (Å²) in [5.41, 5.74) is 1.47. The van der Waals surface area contributed by atoms with Crippen molar-refractivity contribution in [3.8, 4) is 23.0 Å². The Morgan fingerprint density at radius 3 is 2.73 bits per heavy atom. The van der Waals surface area contributed by atoms with Crippen LogP contribution >= 0.6 is 0 Å². The molecule has 0 spiro atoms. The highest BCUT2D eigenvalue weighted by atomic mass is 16.7. The van der Waals surface area contributed by atoms with Crippen molar-refractivity contribution in [2.24, 2.45) is 0 Å². The Hall–Kier alpha value is -2.89. The molecule has 0 aromatic heterocycles. The predicted octanol–water partition coefficient (Wildman–Crippen LogP) is 2.33. The Kier molecular flexibility index (Phi) is 3.00. The van der Waals surface area contributed by atoms with E-state index >= 15 is 0 Å². The normalized spacial score (nSPS) is 14.0. The molecule has 2 aliphatic rings. The molecule has 0 bridgehead atoms. The van der Waals surface area contributed by atoms with Crippen LogP contribution in [0.3, 0.4) is 0 Å². The summed E-state index contributed by atoms with van der Waals surface area (Å²) in [6.45, 7) is 0.399. The number of para-hydroxylation sites is 1. The summed E-state index contributed by atoms with van der Waals surface area (Å²) in [4.78, 5) is 12.2. The number of hydrogen-bond donors (Lipinski definition) is 1. The molecule has 0 atom stereocenters. The van der Waals surface area contributed by atoms with Gasteiger partial charge in [-0.25, -0.2) is 0 Å². The van der Waals surface area contributed by atoms with Gasteiger partial charge in [0, 0.05) is 17.3 Å². The molecule has 0 aliphatic carbocycles. The lowest BCUT2D eigenvalue weighted by atomic mass is 10.1. The molecule has 0 radical (unpaired) electrons. The van der Waals surface area contributed by atoms with Crippen LogP contribution in [0.25, 0.3) is 0 Å². The third-order valence-electron chi connectivity index (χ3n) is 3.49. The molecule has 1 amide bonds. The zero-order chi connectivity index (χ0) is 14.9. The van der Waals surface area contributed by atoms with Gasteiger partial charge in [-0.1, -0.05) is 12.1 Å². The van der Waals surface area contributed by atoms with Crippen LogP contribution in [0.5, 0.6) is 23.0 Å². The number of carbonyl (C=O) groups is 1. The zero-order valence-electron chi connectivity index (χ0n) is 11.6. The Morgan fingerprint density at radius 2 is 1.77 bits per heavy atom. The van der Waals surface area contributed by atoms with Crippen LogP contribution in [0.15, 0.2) is 36.4 Å². The summed E-state index contributed by atoms with van der Waals surface area (Å²) in [6, 6.07) is 10.8. The summed E-state index contributed by atoms with van der Waals surface area (Å²) in [7, 11) is 0. The minimum absolute atomic E-state index is 0.136. The number of fused-ring (bicyclic) bond motifs is 2. The number of ether oxygens (including phenoxy) is 4. The average molecular weight is 299 g/mol. The van der Waals surface area contributed by atoms with Gasteiger partial charge in [-0.2, -0.15) is 0 Å². The van der Waals surface area contributed by atoms with Gasteiger partial charge in [-0.05, 0) is 18.2 Å². The minimum Gasteiger partial charge on any atom is -0.454 e. The number of anilines is 1. The number of nitrogens with one attached hydrogen (secondary N) is 1. The van der Waals surface area contributed by atoms with Gasteiger partial charge in [0.2, 0.25) is 19.5 Å². The van der Waals surface area contributed by atoms with Crippen LogP contribution in [-0.4, -0.2) is 19.5 Å². The topological polar surface area (TPSA) is 66.0 Å². The first kappa shape index (κ1) is 12.8. The minimum atomic E-state index is -0.136. The lowest BCUT2D eigenvalue weighted by molar-refractivity contribution is -0.115. The second kappa shape index (κ2) is 5.14. The Morgan fingerprint density at radius 1 is 0.955 bits per heavy atom. The van der Waals surface area contributed by atoms with Gasteiger partial charge >= 0.3 is 0 Å². The maximum atomic E-state index is 12.2. The van der Waals surface area contributed by atoms with E-state index in [0.29, 0.717) is 28.7 Å². The maximum absolute atomic E-state index is 12.2. The van der Waals surface area contributed by atoms with Gasteiger partial charge < -0.3 is 24.3 Å². The van der Waals surface area contributed by atoms with Crippen molar-refractivity contribution < 1.29 is 23.7 Å². The van der Waals surface area contributed by atoms with Crippen molar-refractivity contribution in [2.75, 3.05) is 18.9 Å². The molecule has 2 aromatic carbocycles. The SMILES string of the molecule is O=C(Cc1cccc2c1OCO2)Nc1ccc2c(c1)OCO2. The fourth-order valence-corrected chi connectivity index (χ4v) is 2.48. The first-order chi connectivity index (χ1) is 10.8. The van der Waals surface area contributed by atoms with E-state index in [1.165, 1.54) is 0 Å². The molecule has 6 heteroatoms. The van der Waals surface area contributed by atoms with Crippen molar-refractivity contribution in [3.63, 3.8) is 0 Å². The van der Waals surface area contributed by atoms with E-state index in [2.05, 4.69) is 5.32 Å². The number of hydrogen-bond acceptors (Lipinski definition) is 5. The van der Waals surface area contributed by atoms with Gasteiger partial charge in [-0.3, -0.25) is 4.79 Å². The average Bonchev–Trinajstić information content (AvgIpc) is 3.15. The maximum Gasteiger partial charge on any atom is 0.231 e. The van der Waals surface area contributed by atoms with E-state index in [9.17, 15) is 4.79 Å². The molecule has 6 nitrogen and oxygen atoms in total. The Labute approximate surface area is 126 Å². The molecule has 112 valence electrons. The van der Waals surface area contributed by atoms with Gasteiger partial charge in [0.25, 0.3) is 0 Å². The summed E-state index contributed by atoms with van der Waals surface area (Å²) < 4.78 is 21.2. The number of carbonyl (C=O) groups excluding carboxylic acids is 1. The first-order valence-corrected chi connectivity index (χ1v) is 6.86. The molecule has 0 fully saturated rings. The Balaban J connectivity index is 1.48. The molecule has 0 saturated carbocycles. The van der Waals surface area contributed by atoms with Crippen molar-refractivity contribution in [2.45, 2.75) is 6.42 Å². The number of benzene rings is 2. The molecule has 22 heavy (non-hydrogen) atoms. The van der Waals surface area contributed by atoms with Crippen molar-refractivity contribution in [1.29, 1.82) is 0 Å². The molecule has 2 aliphatic heterocycles. The molecule has 2 heterocycles. The summed E-state index contributed by atoms with van der Waals surface area (Å²) in [5, 5.41) is 2.84. The fourth-order valence-electron chi connectivity index (χ4n) is 2.48. The van der Waals surface area contributed by atoms with Crippen LogP contribution in [-0.2, 0) is 11.2 Å². The molecule has 1 N–H and O–H groups in total. The van der Waals surface area contributed by atoms with Crippen LogP contribution < -0.4 is 24.3 Å². The molecular weight excluding hydrogens is 286 g/mol. The second-order valence-corrected chi connectivity index (χ2v) is 4.94. The van der Waals surface area contributed by atoms with E-state index in [0.717, 1.165) is 5.56 Å². The summed E-state index contributed by atoms with van der Waals surface area (Å²) in [5.74, 6) is 2.50.